The van der Waals surface area contributed by atoms with Crippen LogP contribution in [0.1, 0.15) is 31.1 Å². The molecule has 3 aromatic carbocycles. The number of carbonyl (C=O) groups excluding carboxylic acids is 3. The Balaban J connectivity index is 1.39. The number of aromatic nitrogens is 1. The Morgan fingerprint density at radius 1 is 0.833 bits per heavy atom. The van der Waals surface area contributed by atoms with Gasteiger partial charge in [-0.25, -0.2) is 9.78 Å². The lowest BCUT2D eigenvalue weighted by molar-refractivity contribution is 0.0422. The maximum atomic E-state index is 13.1. The fraction of sp³-hybridized carbons (Fsp3) is 0.143. The number of ether oxygens (including phenoxy) is 3. The van der Waals surface area contributed by atoms with Crippen molar-refractivity contribution in [3.63, 3.8) is 0 Å². The molecular weight excluding hydrogens is 460 g/mol. The number of hydrogen-bond donors (Lipinski definition) is 0. The standard InChI is InChI=1S/C28H22N2O6/c1-34-24-12-11-17(15-25(24)35-2)23-16-21(18-7-5-6-10-22(18)29-23)28(33)36-14-13-30-26(31)19-8-3-4-9-20(19)27(30)32/h3-12,15-16H,13-14H2,1-2H3. The molecule has 0 unspecified atom stereocenters. The summed E-state index contributed by atoms with van der Waals surface area (Å²) in [6.45, 7) is -0.170. The minimum atomic E-state index is -0.577. The third kappa shape index (κ3) is 4.02. The predicted molar refractivity (Wildman–Crippen MR) is 132 cm³/mol. The lowest BCUT2D eigenvalue weighted by atomic mass is 10.0. The van der Waals surface area contributed by atoms with Gasteiger partial charge in [0.2, 0.25) is 0 Å². The number of hydrogen-bond acceptors (Lipinski definition) is 7. The zero-order valence-corrected chi connectivity index (χ0v) is 19.7. The quantitative estimate of drug-likeness (QED) is 0.285. The topological polar surface area (TPSA) is 95.0 Å². The lowest BCUT2D eigenvalue weighted by Gasteiger charge is -2.15. The molecule has 2 heterocycles. The molecule has 0 saturated carbocycles. The van der Waals surface area contributed by atoms with Crippen LogP contribution < -0.4 is 9.47 Å². The van der Waals surface area contributed by atoms with Gasteiger partial charge in [-0.2, -0.15) is 0 Å². The molecular formula is C28H22N2O6. The zero-order chi connectivity index (χ0) is 25.2. The van der Waals surface area contributed by atoms with E-state index in [9.17, 15) is 14.4 Å². The summed E-state index contributed by atoms with van der Waals surface area (Å²) in [6.07, 6.45) is 0. The van der Waals surface area contributed by atoms with E-state index >= 15 is 0 Å². The number of amides is 2. The number of methoxy groups -OCH3 is 2. The average Bonchev–Trinajstić information content (AvgIpc) is 3.16. The van der Waals surface area contributed by atoms with Gasteiger partial charge in [-0.3, -0.25) is 14.5 Å². The van der Waals surface area contributed by atoms with Gasteiger partial charge in [-0.1, -0.05) is 30.3 Å². The van der Waals surface area contributed by atoms with Gasteiger partial charge in [0, 0.05) is 10.9 Å². The first-order valence-corrected chi connectivity index (χ1v) is 11.3. The van der Waals surface area contributed by atoms with Gasteiger partial charge < -0.3 is 14.2 Å². The Kier molecular flexibility index (Phi) is 6.08. The zero-order valence-electron chi connectivity index (χ0n) is 19.7. The van der Waals surface area contributed by atoms with E-state index in [0.717, 1.165) is 10.5 Å². The van der Waals surface area contributed by atoms with E-state index in [1.165, 1.54) is 0 Å². The first-order valence-electron chi connectivity index (χ1n) is 11.3. The van der Waals surface area contributed by atoms with Crippen LogP contribution in [0, 0.1) is 0 Å². The average molecular weight is 482 g/mol. The molecule has 0 bridgehead atoms. The molecule has 1 aliphatic rings. The highest BCUT2D eigenvalue weighted by atomic mass is 16.5. The molecule has 0 fully saturated rings. The van der Waals surface area contributed by atoms with Crippen LogP contribution in [0.15, 0.2) is 72.8 Å². The third-order valence-corrected chi connectivity index (χ3v) is 6.04. The normalized spacial score (nSPS) is 12.6. The highest BCUT2D eigenvalue weighted by Crippen LogP contribution is 2.33. The molecule has 1 aromatic heterocycles. The van der Waals surface area contributed by atoms with E-state index in [-0.39, 0.29) is 13.2 Å². The van der Waals surface area contributed by atoms with Crippen molar-refractivity contribution in [3.05, 3.63) is 89.5 Å². The summed E-state index contributed by atoms with van der Waals surface area (Å²) >= 11 is 0. The summed E-state index contributed by atoms with van der Waals surface area (Å²) in [5.41, 5.74) is 2.95. The van der Waals surface area contributed by atoms with E-state index in [0.29, 0.717) is 44.8 Å². The summed E-state index contributed by atoms with van der Waals surface area (Å²) < 4.78 is 16.2. The van der Waals surface area contributed by atoms with Gasteiger partial charge in [-0.05, 0) is 42.5 Å². The van der Waals surface area contributed by atoms with Gasteiger partial charge in [0.25, 0.3) is 11.8 Å². The van der Waals surface area contributed by atoms with Gasteiger partial charge in [0.1, 0.15) is 6.61 Å². The molecule has 0 aliphatic carbocycles. The Bertz CT molecular complexity index is 1480. The van der Waals surface area contributed by atoms with Crippen molar-refractivity contribution >= 4 is 28.7 Å². The summed E-state index contributed by atoms with van der Waals surface area (Å²) in [6, 6.07) is 20.9. The van der Waals surface area contributed by atoms with Crippen molar-refractivity contribution in [3.8, 4) is 22.8 Å². The number of imide groups is 1. The van der Waals surface area contributed by atoms with Crippen molar-refractivity contribution in [2.24, 2.45) is 0 Å². The van der Waals surface area contributed by atoms with Crippen molar-refractivity contribution in [1.29, 1.82) is 0 Å². The molecule has 0 radical (unpaired) electrons. The van der Waals surface area contributed by atoms with E-state index < -0.39 is 17.8 Å². The number of nitrogens with zero attached hydrogens (tertiary/aromatic N) is 2. The molecule has 0 saturated heterocycles. The SMILES string of the molecule is COc1ccc(-c2cc(C(=O)OCCN3C(=O)c4ccccc4C3=O)c3ccccc3n2)cc1OC. The second-order valence-electron chi connectivity index (χ2n) is 8.09. The number of benzene rings is 3. The number of para-hydroxylation sites is 1. The molecule has 0 spiro atoms. The molecule has 8 nitrogen and oxygen atoms in total. The summed E-state index contributed by atoms with van der Waals surface area (Å²) in [4.78, 5) is 44.1. The largest absolute Gasteiger partial charge is 0.493 e. The number of esters is 1. The molecule has 1 aliphatic heterocycles. The maximum absolute atomic E-state index is 13.1. The molecule has 0 N–H and O–H groups in total. The summed E-state index contributed by atoms with van der Waals surface area (Å²) in [5, 5.41) is 0.632. The minimum absolute atomic E-state index is 0.0381. The van der Waals surface area contributed by atoms with Gasteiger partial charge >= 0.3 is 5.97 Å². The number of fused-ring (bicyclic) bond motifs is 2. The fourth-order valence-corrected chi connectivity index (χ4v) is 4.24. The second-order valence-corrected chi connectivity index (χ2v) is 8.09. The Hall–Kier alpha value is -4.72. The molecule has 36 heavy (non-hydrogen) atoms. The predicted octanol–water partition coefficient (Wildman–Crippen LogP) is 4.37. The Labute approximate surface area is 207 Å². The Morgan fingerprint density at radius 3 is 2.19 bits per heavy atom. The van der Waals surface area contributed by atoms with Gasteiger partial charge in [0.05, 0.1) is 48.7 Å². The minimum Gasteiger partial charge on any atom is -0.493 e. The van der Waals surface area contributed by atoms with Crippen LogP contribution >= 0.6 is 0 Å². The Morgan fingerprint density at radius 2 is 1.50 bits per heavy atom. The van der Waals surface area contributed by atoms with Gasteiger partial charge in [-0.15, -0.1) is 0 Å². The fourth-order valence-electron chi connectivity index (χ4n) is 4.24. The monoisotopic (exact) mass is 482 g/mol. The summed E-state index contributed by atoms with van der Waals surface area (Å²) in [5.74, 6) is -0.245. The van der Waals surface area contributed by atoms with Crippen LogP contribution in [0.5, 0.6) is 11.5 Å². The van der Waals surface area contributed by atoms with Crippen LogP contribution in [0.2, 0.25) is 0 Å². The highest BCUT2D eigenvalue weighted by molar-refractivity contribution is 6.21. The van der Waals surface area contributed by atoms with E-state index in [2.05, 4.69) is 0 Å². The number of rotatable bonds is 7. The lowest BCUT2D eigenvalue weighted by Crippen LogP contribution is -2.33. The molecule has 2 amide bonds. The van der Waals surface area contributed by atoms with E-state index in [1.54, 1.807) is 62.8 Å². The van der Waals surface area contributed by atoms with Crippen LogP contribution in [-0.2, 0) is 4.74 Å². The van der Waals surface area contributed by atoms with Crippen molar-refractivity contribution in [2.75, 3.05) is 27.4 Å². The molecule has 4 aromatic rings. The highest BCUT2D eigenvalue weighted by Gasteiger charge is 2.34. The van der Waals surface area contributed by atoms with Crippen molar-refractivity contribution in [1.82, 2.24) is 9.88 Å². The second kappa shape index (κ2) is 9.50. The molecule has 5 rings (SSSR count). The smallest absolute Gasteiger partial charge is 0.338 e. The molecule has 0 atom stereocenters. The van der Waals surface area contributed by atoms with Crippen molar-refractivity contribution < 1.29 is 28.6 Å². The summed E-state index contributed by atoms with van der Waals surface area (Å²) in [7, 11) is 3.11. The van der Waals surface area contributed by atoms with Crippen molar-refractivity contribution in [2.45, 2.75) is 0 Å². The van der Waals surface area contributed by atoms with Crippen LogP contribution in [-0.4, -0.2) is 55.0 Å². The third-order valence-electron chi connectivity index (χ3n) is 6.04. The van der Waals surface area contributed by atoms with Crippen LogP contribution in [0.25, 0.3) is 22.2 Å². The first kappa shape index (κ1) is 23.0. The van der Waals surface area contributed by atoms with Gasteiger partial charge in [0.15, 0.2) is 11.5 Å². The van der Waals surface area contributed by atoms with E-state index in [1.807, 2.05) is 24.3 Å². The first-order chi connectivity index (χ1) is 17.5. The number of pyridine rings is 1. The number of carbonyl (C=O) groups is 3. The van der Waals surface area contributed by atoms with Crippen LogP contribution in [0.3, 0.4) is 0 Å². The molecule has 180 valence electrons. The maximum Gasteiger partial charge on any atom is 0.338 e. The van der Waals surface area contributed by atoms with Crippen LogP contribution in [0.4, 0.5) is 0 Å². The van der Waals surface area contributed by atoms with E-state index in [4.69, 9.17) is 19.2 Å². The molecule has 8 heteroatoms.